The summed E-state index contributed by atoms with van der Waals surface area (Å²) in [7, 11) is 1.54. The minimum atomic E-state index is -0.441. The summed E-state index contributed by atoms with van der Waals surface area (Å²) in [5.41, 5.74) is 6.49. The zero-order valence-corrected chi connectivity index (χ0v) is 7.84. The third-order valence-corrected chi connectivity index (χ3v) is 1.86. The lowest BCUT2D eigenvalue weighted by atomic mass is 10.1. The van der Waals surface area contributed by atoms with E-state index in [-0.39, 0.29) is 11.7 Å². The van der Waals surface area contributed by atoms with Crippen LogP contribution < -0.4 is 5.73 Å². The highest BCUT2D eigenvalue weighted by Gasteiger charge is 2.10. The summed E-state index contributed by atoms with van der Waals surface area (Å²) >= 11 is 0. The number of nitrogens with two attached hydrogens (primary N) is 1. The molecular weight excluding hydrogens is 184 g/mol. The van der Waals surface area contributed by atoms with Crippen molar-refractivity contribution in [3.8, 4) is 0 Å². The van der Waals surface area contributed by atoms with Crippen LogP contribution in [0.3, 0.4) is 0 Å². The Labute approximate surface area is 81.6 Å². The van der Waals surface area contributed by atoms with E-state index in [4.69, 9.17) is 10.5 Å². The topological polar surface area (TPSA) is 78.4 Å². The standard InChI is InChI=1S/C9H12N2O3/c1-14-6-9(10)7-3-2-4-8(5-7)11(12)13/h2-5,9H,6,10H2,1H3/t9-/m1/s1. The number of rotatable bonds is 4. The summed E-state index contributed by atoms with van der Waals surface area (Å²) in [5, 5.41) is 10.5. The smallest absolute Gasteiger partial charge is 0.269 e. The van der Waals surface area contributed by atoms with E-state index in [1.54, 1.807) is 12.1 Å². The summed E-state index contributed by atoms with van der Waals surface area (Å²) in [4.78, 5) is 10.0. The third kappa shape index (κ3) is 2.51. The second-order valence-electron chi connectivity index (χ2n) is 2.91. The van der Waals surface area contributed by atoms with Crippen LogP contribution in [0.15, 0.2) is 24.3 Å². The molecular formula is C9H12N2O3. The molecule has 1 aromatic rings. The fourth-order valence-corrected chi connectivity index (χ4v) is 1.14. The van der Waals surface area contributed by atoms with Crippen molar-refractivity contribution in [2.75, 3.05) is 13.7 Å². The van der Waals surface area contributed by atoms with E-state index in [0.29, 0.717) is 12.2 Å². The lowest BCUT2D eigenvalue weighted by Crippen LogP contribution is -2.16. The van der Waals surface area contributed by atoms with Gasteiger partial charge >= 0.3 is 0 Å². The molecule has 0 saturated carbocycles. The van der Waals surface area contributed by atoms with Crippen LogP contribution in [0.1, 0.15) is 11.6 Å². The number of nitrogens with zero attached hydrogens (tertiary/aromatic N) is 1. The first-order valence-electron chi connectivity index (χ1n) is 4.14. The largest absolute Gasteiger partial charge is 0.383 e. The van der Waals surface area contributed by atoms with Crippen molar-refractivity contribution in [3.63, 3.8) is 0 Å². The molecule has 14 heavy (non-hydrogen) atoms. The number of methoxy groups -OCH3 is 1. The van der Waals surface area contributed by atoms with Crippen molar-refractivity contribution < 1.29 is 9.66 Å². The van der Waals surface area contributed by atoms with Crippen LogP contribution in [0.25, 0.3) is 0 Å². The normalized spacial score (nSPS) is 12.4. The van der Waals surface area contributed by atoms with Gasteiger partial charge in [-0.1, -0.05) is 12.1 Å². The van der Waals surface area contributed by atoms with E-state index < -0.39 is 4.92 Å². The number of hydrogen-bond donors (Lipinski definition) is 1. The van der Waals surface area contributed by atoms with E-state index in [9.17, 15) is 10.1 Å². The average molecular weight is 196 g/mol. The Morgan fingerprint density at radius 2 is 2.36 bits per heavy atom. The van der Waals surface area contributed by atoms with Gasteiger partial charge in [-0.15, -0.1) is 0 Å². The molecule has 1 aromatic carbocycles. The van der Waals surface area contributed by atoms with E-state index in [2.05, 4.69) is 0 Å². The quantitative estimate of drug-likeness (QED) is 0.580. The molecule has 0 bridgehead atoms. The van der Waals surface area contributed by atoms with Crippen LogP contribution in [0.2, 0.25) is 0 Å². The number of hydrogen-bond acceptors (Lipinski definition) is 4. The lowest BCUT2D eigenvalue weighted by molar-refractivity contribution is -0.384. The number of non-ortho nitro benzene ring substituents is 1. The summed E-state index contributed by atoms with van der Waals surface area (Å²) < 4.78 is 4.86. The monoisotopic (exact) mass is 196 g/mol. The number of nitro groups is 1. The molecule has 1 rings (SSSR count). The SMILES string of the molecule is COC[C@@H](N)c1cccc([N+](=O)[O-])c1. The van der Waals surface area contributed by atoms with Crippen LogP contribution in [0.5, 0.6) is 0 Å². The second-order valence-corrected chi connectivity index (χ2v) is 2.91. The predicted octanol–water partition coefficient (Wildman–Crippen LogP) is 1.24. The Balaban J connectivity index is 2.87. The van der Waals surface area contributed by atoms with E-state index in [0.717, 1.165) is 0 Å². The van der Waals surface area contributed by atoms with Crippen molar-refractivity contribution in [2.45, 2.75) is 6.04 Å². The molecule has 0 aliphatic heterocycles. The fraction of sp³-hybridized carbons (Fsp3) is 0.333. The van der Waals surface area contributed by atoms with E-state index in [1.165, 1.54) is 19.2 Å². The minimum Gasteiger partial charge on any atom is -0.383 e. The third-order valence-electron chi connectivity index (χ3n) is 1.86. The Kier molecular flexibility index (Phi) is 3.55. The molecule has 0 radical (unpaired) electrons. The summed E-state index contributed by atoms with van der Waals surface area (Å²) in [6.07, 6.45) is 0. The van der Waals surface area contributed by atoms with Gasteiger partial charge in [0.2, 0.25) is 0 Å². The maximum absolute atomic E-state index is 10.5. The van der Waals surface area contributed by atoms with E-state index in [1.807, 2.05) is 0 Å². The van der Waals surface area contributed by atoms with Crippen molar-refractivity contribution in [1.82, 2.24) is 0 Å². The number of ether oxygens (including phenoxy) is 1. The van der Waals surface area contributed by atoms with Crippen molar-refractivity contribution in [3.05, 3.63) is 39.9 Å². The van der Waals surface area contributed by atoms with Gasteiger partial charge in [0.15, 0.2) is 0 Å². The molecule has 1 atom stereocenters. The zero-order valence-electron chi connectivity index (χ0n) is 7.84. The molecule has 0 aliphatic carbocycles. The Hall–Kier alpha value is -1.46. The second kappa shape index (κ2) is 4.69. The number of nitro benzene ring substituents is 1. The first kappa shape index (κ1) is 10.6. The molecule has 0 spiro atoms. The fourth-order valence-electron chi connectivity index (χ4n) is 1.14. The van der Waals surface area contributed by atoms with Crippen molar-refractivity contribution >= 4 is 5.69 Å². The zero-order chi connectivity index (χ0) is 10.6. The first-order valence-corrected chi connectivity index (χ1v) is 4.14. The molecule has 2 N–H and O–H groups in total. The van der Waals surface area contributed by atoms with Gasteiger partial charge < -0.3 is 10.5 Å². The molecule has 5 nitrogen and oxygen atoms in total. The maximum atomic E-state index is 10.5. The van der Waals surface area contributed by atoms with Gasteiger partial charge in [-0.2, -0.15) is 0 Å². The predicted molar refractivity (Wildman–Crippen MR) is 51.9 cm³/mol. The van der Waals surface area contributed by atoms with Gasteiger partial charge in [0.05, 0.1) is 17.6 Å². The van der Waals surface area contributed by atoms with Gasteiger partial charge in [-0.05, 0) is 5.56 Å². The Bertz CT molecular complexity index is 328. The molecule has 0 fully saturated rings. The molecule has 0 heterocycles. The van der Waals surface area contributed by atoms with Crippen molar-refractivity contribution in [1.29, 1.82) is 0 Å². The van der Waals surface area contributed by atoms with Crippen LogP contribution in [0.4, 0.5) is 5.69 Å². The Morgan fingerprint density at radius 1 is 1.64 bits per heavy atom. The van der Waals surface area contributed by atoms with E-state index >= 15 is 0 Å². The molecule has 5 heteroatoms. The van der Waals surface area contributed by atoms with Crippen molar-refractivity contribution in [2.24, 2.45) is 5.73 Å². The van der Waals surface area contributed by atoms with Crippen LogP contribution in [0, 0.1) is 10.1 Å². The van der Waals surface area contributed by atoms with Gasteiger partial charge in [0, 0.05) is 19.2 Å². The minimum absolute atomic E-state index is 0.0500. The molecule has 0 aromatic heterocycles. The van der Waals surface area contributed by atoms with Crippen LogP contribution >= 0.6 is 0 Å². The average Bonchev–Trinajstić information content (AvgIpc) is 2.18. The first-order chi connectivity index (χ1) is 6.65. The molecule has 0 unspecified atom stereocenters. The highest BCUT2D eigenvalue weighted by Crippen LogP contribution is 2.17. The molecule has 0 amide bonds. The molecule has 0 aliphatic rings. The van der Waals surface area contributed by atoms with Gasteiger partial charge in [0.25, 0.3) is 5.69 Å². The lowest BCUT2D eigenvalue weighted by Gasteiger charge is -2.09. The number of benzene rings is 1. The summed E-state index contributed by atoms with van der Waals surface area (Å²) in [6.45, 7) is 0.348. The van der Waals surface area contributed by atoms with Crippen LogP contribution in [-0.4, -0.2) is 18.6 Å². The highest BCUT2D eigenvalue weighted by atomic mass is 16.6. The molecule has 76 valence electrons. The summed E-state index contributed by atoms with van der Waals surface area (Å²) in [6, 6.07) is 5.94. The Morgan fingerprint density at radius 3 is 2.93 bits per heavy atom. The highest BCUT2D eigenvalue weighted by molar-refractivity contribution is 5.35. The van der Waals surface area contributed by atoms with Gasteiger partial charge in [0.1, 0.15) is 0 Å². The van der Waals surface area contributed by atoms with Gasteiger partial charge in [-0.3, -0.25) is 10.1 Å². The maximum Gasteiger partial charge on any atom is 0.269 e. The van der Waals surface area contributed by atoms with Crippen LogP contribution in [-0.2, 0) is 4.74 Å². The van der Waals surface area contributed by atoms with Gasteiger partial charge in [-0.25, -0.2) is 0 Å². The summed E-state index contributed by atoms with van der Waals surface area (Å²) in [5.74, 6) is 0. The molecule has 0 saturated heterocycles.